The molecule has 1 heterocycles. The molecule has 1 aliphatic rings. The Bertz CT molecular complexity index is 450. The van der Waals surface area contributed by atoms with Crippen LogP contribution in [0.3, 0.4) is 0 Å². The third kappa shape index (κ3) is 3.71. The number of carbonyl (C=O) groups excluding carboxylic acids is 1. The molecule has 1 aromatic rings. The van der Waals surface area contributed by atoms with Gasteiger partial charge in [-0.05, 0) is 24.6 Å². The molecule has 20 heavy (non-hydrogen) atoms. The van der Waals surface area contributed by atoms with E-state index in [1.54, 1.807) is 19.2 Å². The van der Waals surface area contributed by atoms with Crippen LogP contribution < -0.4 is 15.4 Å². The standard InChI is InChI=1S/C15H22N2O3/c1-3-7-20-12-6-4-5-11(8-12)15(18)17-13-9-16-10-14(13)19-2/h4-6,8,13-14,16H,3,7,9-10H2,1-2H3,(H,17,18)/t13?,14-/m0/s1. The van der Waals surface area contributed by atoms with Crippen LogP contribution >= 0.6 is 0 Å². The normalized spacial score (nSPS) is 21.7. The van der Waals surface area contributed by atoms with Crippen molar-refractivity contribution in [1.82, 2.24) is 10.6 Å². The molecule has 5 nitrogen and oxygen atoms in total. The van der Waals surface area contributed by atoms with E-state index < -0.39 is 0 Å². The molecule has 1 fully saturated rings. The van der Waals surface area contributed by atoms with Crippen LogP contribution in [-0.4, -0.2) is 44.9 Å². The number of benzene rings is 1. The molecule has 2 rings (SSSR count). The maximum atomic E-state index is 12.2. The number of methoxy groups -OCH3 is 1. The summed E-state index contributed by atoms with van der Waals surface area (Å²) in [6.07, 6.45) is 0.970. The second-order valence-corrected chi connectivity index (χ2v) is 4.89. The molecule has 0 aliphatic carbocycles. The van der Waals surface area contributed by atoms with Gasteiger partial charge in [0, 0.05) is 25.8 Å². The third-order valence-corrected chi connectivity index (χ3v) is 3.35. The molecule has 0 bridgehead atoms. The lowest BCUT2D eigenvalue weighted by molar-refractivity contribution is 0.0779. The van der Waals surface area contributed by atoms with Gasteiger partial charge in [-0.15, -0.1) is 0 Å². The topological polar surface area (TPSA) is 59.6 Å². The van der Waals surface area contributed by atoms with Crippen LogP contribution in [0.1, 0.15) is 23.7 Å². The monoisotopic (exact) mass is 278 g/mol. The first-order valence-electron chi connectivity index (χ1n) is 7.01. The lowest BCUT2D eigenvalue weighted by Crippen LogP contribution is -2.43. The number of ether oxygens (including phenoxy) is 2. The van der Waals surface area contributed by atoms with Crippen molar-refractivity contribution in [2.45, 2.75) is 25.5 Å². The highest BCUT2D eigenvalue weighted by Gasteiger charge is 2.28. The van der Waals surface area contributed by atoms with Gasteiger partial charge in [0.1, 0.15) is 5.75 Å². The van der Waals surface area contributed by atoms with Crippen LogP contribution in [0.15, 0.2) is 24.3 Å². The number of hydrogen-bond donors (Lipinski definition) is 2. The van der Waals surface area contributed by atoms with Gasteiger partial charge < -0.3 is 20.1 Å². The van der Waals surface area contributed by atoms with E-state index in [0.29, 0.717) is 12.2 Å². The first kappa shape index (κ1) is 14.8. The summed E-state index contributed by atoms with van der Waals surface area (Å²) in [5, 5.41) is 6.20. The first-order chi connectivity index (χ1) is 9.74. The summed E-state index contributed by atoms with van der Waals surface area (Å²) >= 11 is 0. The second-order valence-electron chi connectivity index (χ2n) is 4.89. The largest absolute Gasteiger partial charge is 0.494 e. The summed E-state index contributed by atoms with van der Waals surface area (Å²) in [4.78, 5) is 12.2. The van der Waals surface area contributed by atoms with Crippen LogP contribution in [0.4, 0.5) is 0 Å². The SMILES string of the molecule is CCCOc1cccc(C(=O)NC2CNC[C@@H]2OC)c1. The number of nitrogens with one attached hydrogen (secondary N) is 2. The Balaban J connectivity index is 1.98. The molecule has 2 N–H and O–H groups in total. The van der Waals surface area contributed by atoms with Gasteiger partial charge in [0.05, 0.1) is 18.8 Å². The fourth-order valence-corrected chi connectivity index (χ4v) is 2.25. The lowest BCUT2D eigenvalue weighted by Gasteiger charge is -2.18. The molecule has 0 saturated carbocycles. The number of amides is 1. The molecule has 5 heteroatoms. The van der Waals surface area contributed by atoms with Crippen molar-refractivity contribution in [3.05, 3.63) is 29.8 Å². The van der Waals surface area contributed by atoms with E-state index in [1.165, 1.54) is 0 Å². The molecular formula is C15H22N2O3. The summed E-state index contributed by atoms with van der Waals surface area (Å²) in [6.45, 7) is 4.20. The zero-order valence-electron chi connectivity index (χ0n) is 12.0. The van der Waals surface area contributed by atoms with Crippen LogP contribution in [-0.2, 0) is 4.74 Å². The molecule has 0 radical (unpaired) electrons. The fourth-order valence-electron chi connectivity index (χ4n) is 2.25. The van der Waals surface area contributed by atoms with Crippen molar-refractivity contribution >= 4 is 5.91 Å². The van der Waals surface area contributed by atoms with E-state index in [-0.39, 0.29) is 18.1 Å². The Labute approximate surface area is 119 Å². The van der Waals surface area contributed by atoms with E-state index in [1.807, 2.05) is 12.1 Å². The average molecular weight is 278 g/mol. The maximum absolute atomic E-state index is 12.2. The fraction of sp³-hybridized carbons (Fsp3) is 0.533. The van der Waals surface area contributed by atoms with Gasteiger partial charge >= 0.3 is 0 Å². The van der Waals surface area contributed by atoms with Gasteiger partial charge in [0.2, 0.25) is 0 Å². The van der Waals surface area contributed by atoms with Gasteiger partial charge in [-0.2, -0.15) is 0 Å². The average Bonchev–Trinajstić information content (AvgIpc) is 2.92. The highest BCUT2D eigenvalue weighted by Crippen LogP contribution is 2.14. The van der Waals surface area contributed by atoms with Gasteiger partial charge in [-0.25, -0.2) is 0 Å². The molecule has 1 aromatic carbocycles. The van der Waals surface area contributed by atoms with E-state index >= 15 is 0 Å². The molecule has 0 aromatic heterocycles. The minimum Gasteiger partial charge on any atom is -0.494 e. The Kier molecular flexibility index (Phi) is 5.38. The second kappa shape index (κ2) is 7.26. The van der Waals surface area contributed by atoms with Crippen molar-refractivity contribution in [2.75, 3.05) is 26.8 Å². The Morgan fingerprint density at radius 3 is 3.05 bits per heavy atom. The summed E-state index contributed by atoms with van der Waals surface area (Å²) in [7, 11) is 1.66. The molecule has 1 unspecified atom stereocenters. The van der Waals surface area contributed by atoms with E-state index in [0.717, 1.165) is 25.3 Å². The van der Waals surface area contributed by atoms with E-state index in [9.17, 15) is 4.79 Å². The van der Waals surface area contributed by atoms with Crippen molar-refractivity contribution in [1.29, 1.82) is 0 Å². The predicted molar refractivity (Wildman–Crippen MR) is 77.1 cm³/mol. The minimum absolute atomic E-state index is 0.00714. The van der Waals surface area contributed by atoms with Crippen LogP contribution in [0, 0.1) is 0 Å². The molecule has 0 spiro atoms. The summed E-state index contributed by atoms with van der Waals surface area (Å²) in [5.41, 5.74) is 0.611. The quantitative estimate of drug-likeness (QED) is 0.820. The van der Waals surface area contributed by atoms with E-state index in [2.05, 4.69) is 17.6 Å². The number of carbonyl (C=O) groups is 1. The van der Waals surface area contributed by atoms with Crippen LogP contribution in [0.5, 0.6) is 5.75 Å². The lowest BCUT2D eigenvalue weighted by atomic mass is 10.1. The Morgan fingerprint density at radius 1 is 1.45 bits per heavy atom. The predicted octanol–water partition coefficient (Wildman–Crippen LogP) is 1.19. The van der Waals surface area contributed by atoms with Gasteiger partial charge in [-0.3, -0.25) is 4.79 Å². The molecule has 110 valence electrons. The highest BCUT2D eigenvalue weighted by molar-refractivity contribution is 5.94. The molecule has 1 saturated heterocycles. The van der Waals surface area contributed by atoms with Gasteiger partial charge in [0.15, 0.2) is 0 Å². The maximum Gasteiger partial charge on any atom is 0.251 e. The van der Waals surface area contributed by atoms with Crippen molar-refractivity contribution in [3.8, 4) is 5.75 Å². The van der Waals surface area contributed by atoms with Crippen molar-refractivity contribution < 1.29 is 14.3 Å². The smallest absolute Gasteiger partial charge is 0.251 e. The Hall–Kier alpha value is -1.59. The summed E-state index contributed by atoms with van der Waals surface area (Å²) in [6, 6.07) is 7.27. The third-order valence-electron chi connectivity index (χ3n) is 3.35. The Morgan fingerprint density at radius 2 is 2.30 bits per heavy atom. The zero-order chi connectivity index (χ0) is 14.4. The molecule has 1 aliphatic heterocycles. The van der Waals surface area contributed by atoms with E-state index in [4.69, 9.17) is 9.47 Å². The number of hydrogen-bond acceptors (Lipinski definition) is 4. The van der Waals surface area contributed by atoms with Gasteiger partial charge in [0.25, 0.3) is 5.91 Å². The zero-order valence-corrected chi connectivity index (χ0v) is 12.0. The summed E-state index contributed by atoms with van der Waals surface area (Å²) < 4.78 is 10.9. The first-order valence-corrected chi connectivity index (χ1v) is 7.01. The van der Waals surface area contributed by atoms with Crippen LogP contribution in [0.2, 0.25) is 0 Å². The van der Waals surface area contributed by atoms with Crippen molar-refractivity contribution in [2.24, 2.45) is 0 Å². The van der Waals surface area contributed by atoms with Crippen molar-refractivity contribution in [3.63, 3.8) is 0 Å². The molecular weight excluding hydrogens is 256 g/mol. The summed E-state index contributed by atoms with van der Waals surface area (Å²) in [5.74, 6) is 0.634. The van der Waals surface area contributed by atoms with Crippen LogP contribution in [0.25, 0.3) is 0 Å². The minimum atomic E-state index is -0.0947. The van der Waals surface area contributed by atoms with Gasteiger partial charge in [-0.1, -0.05) is 13.0 Å². The molecule has 2 atom stereocenters. The number of rotatable bonds is 6. The highest BCUT2D eigenvalue weighted by atomic mass is 16.5. The molecule has 1 amide bonds.